The fraction of sp³-hybridized carbons (Fsp3) is 0. The molecule has 0 N–H and O–H groups in total. The van der Waals surface area contributed by atoms with Crippen LogP contribution in [0.15, 0.2) is 500 Å². The average molecular weight is 1910 g/mol. The van der Waals surface area contributed by atoms with Gasteiger partial charge in [0.25, 0.3) is 0 Å². The maximum absolute atomic E-state index is 8.02. The Kier molecular flexibility index (Phi) is 22.4. The molecule has 20 aromatic carbocycles. The number of hydrogen-bond donors (Lipinski definition) is 0. The highest BCUT2D eigenvalue weighted by molar-refractivity contribution is 6.24. The Morgan fingerprint density at radius 3 is 0.893 bits per heavy atom. The minimum atomic E-state index is 0.562. The summed E-state index contributed by atoms with van der Waals surface area (Å²) >= 11 is 0. The molecule has 8 heterocycles. The topological polar surface area (TPSA) is 144 Å². The van der Waals surface area contributed by atoms with Gasteiger partial charge in [0, 0.05) is 116 Å². The van der Waals surface area contributed by atoms with E-state index in [1.54, 1.807) is 0 Å². The Labute approximate surface area is 856 Å². The first kappa shape index (κ1) is 88.2. The molecule has 0 saturated heterocycles. The van der Waals surface area contributed by atoms with Gasteiger partial charge in [-0.15, -0.1) is 0 Å². The summed E-state index contributed by atoms with van der Waals surface area (Å²) in [5, 5.41) is 11.1. The van der Waals surface area contributed by atoms with Gasteiger partial charge >= 0.3 is 0 Å². The standard InChI is InChI=1S/2C47H28N4O.C40H25N5/c1-48-39-21-11-8-18-35(39)32-26-33(41-29-40(30-14-4-2-5-15-30)49-47(50-41)31-16-6-3-7-17-31)28-34(27-32)51-42-22-12-9-20-38(42)45-43(51)25-24-37-36-19-10-13-23-44(36)52-46(37)45;1-48-40-21-11-8-18-35(40)32-24-33(42-29-41(30-14-4-2-5-15-30)49-47(50-42)31-16-6-3-7-17-31)26-34(25-32)51-43-22-12-9-19-36(43)38-28-46-39(27-44(38)51)37-20-10-13-23-45(37)52-46;1-41-35-21-11-8-18-32(35)29-24-30(26-31(25-29)45-36-22-12-9-19-33(36)34-20-10-13-23-37(34)45)40-43-38(27-14-4-2-5-15-27)42-39(44-40)28-16-6-3-7-17-28/h2*2-29H;2-26H. The van der Waals surface area contributed by atoms with Gasteiger partial charge in [0.2, 0.25) is 0 Å². The molecule has 0 spiro atoms. The third-order valence-corrected chi connectivity index (χ3v) is 27.7. The van der Waals surface area contributed by atoms with Crippen LogP contribution in [-0.2, 0) is 0 Å². The highest BCUT2D eigenvalue weighted by Gasteiger charge is 2.27. The van der Waals surface area contributed by atoms with E-state index < -0.39 is 0 Å². The van der Waals surface area contributed by atoms with E-state index in [2.05, 4.69) is 265 Å². The van der Waals surface area contributed by atoms with Crippen LogP contribution in [0.1, 0.15) is 0 Å². The summed E-state index contributed by atoms with van der Waals surface area (Å²) in [7, 11) is 0. The Balaban J connectivity index is 0.000000113. The normalized spacial score (nSPS) is 11.3. The van der Waals surface area contributed by atoms with Gasteiger partial charge in [-0.05, 0) is 161 Å². The molecule has 15 heteroatoms. The molecule has 0 radical (unpaired) electrons. The predicted molar refractivity (Wildman–Crippen MR) is 605 cm³/mol. The first-order chi connectivity index (χ1) is 73.7. The van der Waals surface area contributed by atoms with Crippen molar-refractivity contribution in [1.29, 1.82) is 0 Å². The van der Waals surface area contributed by atoms with Crippen molar-refractivity contribution in [1.82, 2.24) is 48.6 Å². The van der Waals surface area contributed by atoms with E-state index in [1.807, 2.05) is 255 Å². The molecule has 0 amide bonds. The van der Waals surface area contributed by atoms with E-state index >= 15 is 0 Å². The second-order valence-electron chi connectivity index (χ2n) is 36.6. The zero-order chi connectivity index (χ0) is 99.4. The maximum Gasteiger partial charge on any atom is 0.194 e. The SMILES string of the molecule is [C-]#[N+]c1ccccc1-c1cc(-c2cc(-c3ccccc3)nc(-c3ccccc3)n2)cc(-n2c3ccccc3c3c4oc5ccccc5c4ccc32)c1.[C-]#[N+]c1ccccc1-c1cc(-c2cc(-c3ccccc3)nc(-c3ccccc3)n2)cc(-n2c3ccccc3c3cc4oc5ccccc5c4cc32)c1.[C-]#[N+]c1ccccc1-c1cc(-c2nc(-c3ccccc3)nc(-c3ccccc3)n2)cc(-n2c3ccccc3c3ccccc32)c1. The van der Waals surface area contributed by atoms with E-state index in [0.717, 1.165) is 222 Å². The average Bonchev–Trinajstić information content (AvgIpc) is 1.59. The van der Waals surface area contributed by atoms with E-state index in [9.17, 15) is 0 Å². The Morgan fingerprint density at radius 1 is 0.174 bits per heavy atom. The number of furan rings is 2. The molecule has 0 atom stereocenters. The predicted octanol–water partition coefficient (Wildman–Crippen LogP) is 35.6. The minimum Gasteiger partial charge on any atom is -0.456 e. The molecule has 694 valence electrons. The van der Waals surface area contributed by atoms with Crippen LogP contribution < -0.4 is 0 Å². The van der Waals surface area contributed by atoms with Crippen molar-refractivity contribution in [3.63, 3.8) is 0 Å². The van der Waals surface area contributed by atoms with Gasteiger partial charge in [-0.25, -0.2) is 49.4 Å². The zero-order valence-corrected chi connectivity index (χ0v) is 79.9. The third kappa shape index (κ3) is 16.3. The molecule has 28 aromatic rings. The van der Waals surface area contributed by atoms with Crippen molar-refractivity contribution in [2.24, 2.45) is 0 Å². The van der Waals surface area contributed by atoms with Crippen LogP contribution in [0, 0.1) is 19.7 Å². The molecule has 0 aliphatic carbocycles. The monoisotopic (exact) mass is 1900 g/mol. The molecular formula is C134H81N13O2. The molecule has 15 nitrogen and oxygen atoms in total. The molecule has 8 aromatic heterocycles. The number of nitrogens with zero attached hydrogens (tertiary/aromatic N) is 13. The van der Waals surface area contributed by atoms with Gasteiger partial charge in [-0.1, -0.05) is 364 Å². The third-order valence-electron chi connectivity index (χ3n) is 27.7. The largest absolute Gasteiger partial charge is 0.456 e. The zero-order valence-electron chi connectivity index (χ0n) is 79.9. The highest BCUT2D eigenvalue weighted by atomic mass is 16.3. The highest BCUT2D eigenvalue weighted by Crippen LogP contribution is 2.48. The van der Waals surface area contributed by atoms with E-state index in [1.165, 1.54) is 10.8 Å². The molecule has 0 saturated carbocycles. The van der Waals surface area contributed by atoms with Crippen LogP contribution >= 0.6 is 0 Å². The molecule has 0 aliphatic rings. The van der Waals surface area contributed by atoms with Crippen molar-refractivity contribution in [2.45, 2.75) is 0 Å². The van der Waals surface area contributed by atoms with Crippen LogP contribution in [-0.4, -0.2) is 48.6 Å². The van der Waals surface area contributed by atoms with Crippen molar-refractivity contribution in [3.8, 4) is 152 Å². The number of fused-ring (bicyclic) bond motifs is 16. The quantitative estimate of drug-likeness (QED) is 0.0916. The van der Waals surface area contributed by atoms with Gasteiger partial charge in [-0.3, -0.25) is 0 Å². The molecular weight excluding hydrogens is 1820 g/mol. The fourth-order valence-corrected chi connectivity index (χ4v) is 20.8. The first-order valence-electron chi connectivity index (χ1n) is 49.1. The summed E-state index contributed by atoms with van der Waals surface area (Å²) < 4.78 is 19.9. The summed E-state index contributed by atoms with van der Waals surface area (Å²) in [6.07, 6.45) is 0. The molecule has 149 heavy (non-hydrogen) atoms. The Bertz CT molecular complexity index is 10100. The lowest BCUT2D eigenvalue weighted by Gasteiger charge is -2.15. The van der Waals surface area contributed by atoms with Crippen molar-refractivity contribution in [3.05, 3.63) is 526 Å². The lowest BCUT2D eigenvalue weighted by atomic mass is 9.98. The summed E-state index contributed by atoms with van der Waals surface area (Å²) in [5.41, 5.74) is 31.6. The summed E-state index contributed by atoms with van der Waals surface area (Å²) in [6, 6.07) is 167. The van der Waals surface area contributed by atoms with Crippen LogP contribution in [0.3, 0.4) is 0 Å². The Morgan fingerprint density at radius 2 is 0.470 bits per heavy atom. The minimum absolute atomic E-state index is 0.562. The first-order valence-corrected chi connectivity index (χ1v) is 49.1. The fourth-order valence-electron chi connectivity index (χ4n) is 20.8. The lowest BCUT2D eigenvalue weighted by Crippen LogP contribution is -2.01. The van der Waals surface area contributed by atoms with Gasteiger partial charge < -0.3 is 22.5 Å². The van der Waals surface area contributed by atoms with Crippen LogP contribution in [0.5, 0.6) is 0 Å². The van der Waals surface area contributed by atoms with E-state index in [0.29, 0.717) is 46.2 Å². The number of rotatable bonds is 15. The molecule has 28 rings (SSSR count). The van der Waals surface area contributed by atoms with Crippen molar-refractivity contribution >= 4 is 126 Å². The number of aromatic nitrogens is 10. The second kappa shape index (κ2) is 37.8. The summed E-state index contributed by atoms with van der Waals surface area (Å²) in [6.45, 7) is 23.9. The van der Waals surface area contributed by atoms with Gasteiger partial charge in [0.05, 0.1) is 81.0 Å². The van der Waals surface area contributed by atoms with Crippen molar-refractivity contribution in [2.75, 3.05) is 0 Å². The van der Waals surface area contributed by atoms with E-state index in [-0.39, 0.29) is 0 Å². The molecule has 0 fully saturated rings. The number of para-hydroxylation sites is 9. The van der Waals surface area contributed by atoms with Gasteiger partial charge in [0.1, 0.15) is 22.3 Å². The van der Waals surface area contributed by atoms with E-state index in [4.69, 9.17) is 63.4 Å². The lowest BCUT2D eigenvalue weighted by molar-refractivity contribution is 0.669. The number of hydrogen-bond acceptors (Lipinski definition) is 9. The molecule has 0 aliphatic heterocycles. The maximum atomic E-state index is 8.02. The smallest absolute Gasteiger partial charge is 0.194 e. The number of benzene rings is 20. The Hall–Kier alpha value is -21.0. The van der Waals surface area contributed by atoms with Crippen LogP contribution in [0.2, 0.25) is 0 Å². The summed E-state index contributed by atoms with van der Waals surface area (Å²) in [5.74, 6) is 3.06. The van der Waals surface area contributed by atoms with Gasteiger partial charge in [-0.2, -0.15) is 0 Å². The molecule has 0 unspecified atom stereocenters. The van der Waals surface area contributed by atoms with Crippen molar-refractivity contribution < 1.29 is 8.83 Å². The van der Waals surface area contributed by atoms with Crippen LogP contribution in [0.4, 0.5) is 17.1 Å². The summed E-state index contributed by atoms with van der Waals surface area (Å²) in [4.78, 5) is 47.1. The second-order valence-corrected chi connectivity index (χ2v) is 36.6. The molecule has 0 bridgehead atoms. The van der Waals surface area contributed by atoms with Gasteiger partial charge in [0.15, 0.2) is 46.2 Å². The van der Waals surface area contributed by atoms with Crippen LogP contribution in [0.25, 0.3) is 276 Å².